The van der Waals surface area contributed by atoms with Crippen molar-refractivity contribution < 1.29 is 9.90 Å². The van der Waals surface area contributed by atoms with E-state index in [1.54, 1.807) is 13.0 Å². The molecule has 1 rings (SSSR count). The lowest BCUT2D eigenvalue weighted by atomic mass is 10.1. The van der Waals surface area contributed by atoms with Crippen molar-refractivity contribution in [2.24, 2.45) is 0 Å². The van der Waals surface area contributed by atoms with Gasteiger partial charge in [0.25, 0.3) is 0 Å². The van der Waals surface area contributed by atoms with E-state index in [1.165, 1.54) is 6.20 Å². The van der Waals surface area contributed by atoms with Crippen molar-refractivity contribution in [1.29, 1.82) is 0 Å². The highest BCUT2D eigenvalue weighted by molar-refractivity contribution is 5.85. The van der Waals surface area contributed by atoms with E-state index in [1.807, 2.05) is 0 Å². The van der Waals surface area contributed by atoms with Crippen LogP contribution in [0.25, 0.3) is 0 Å². The molecule has 0 aliphatic carbocycles. The standard InChI is InChI=1S/C6H8N2O2.ClH/c1-4(6(9)10)5-2-3-7-8-5;/h2-4H,1H3,(H,7,8)(H,9,10);1H. The highest BCUT2D eigenvalue weighted by atomic mass is 35.5. The Morgan fingerprint density at radius 3 is 2.82 bits per heavy atom. The summed E-state index contributed by atoms with van der Waals surface area (Å²) in [6.07, 6.45) is 1.54. The molecule has 1 aromatic heterocycles. The Bertz CT molecular complexity index is 222. The van der Waals surface area contributed by atoms with Crippen LogP contribution in [0.15, 0.2) is 12.3 Å². The SMILES string of the molecule is CC(C(=O)O)c1ccn[nH]1.Cl. The van der Waals surface area contributed by atoms with Gasteiger partial charge in [-0.3, -0.25) is 9.89 Å². The summed E-state index contributed by atoms with van der Waals surface area (Å²) in [6, 6.07) is 1.65. The van der Waals surface area contributed by atoms with Crippen molar-refractivity contribution in [3.63, 3.8) is 0 Å². The zero-order valence-corrected chi connectivity index (χ0v) is 6.76. The molecule has 2 N–H and O–H groups in total. The molecule has 0 fully saturated rings. The summed E-state index contributed by atoms with van der Waals surface area (Å²) in [4.78, 5) is 10.3. The number of nitrogens with zero attached hydrogens (tertiary/aromatic N) is 1. The van der Waals surface area contributed by atoms with Crippen LogP contribution in [-0.2, 0) is 4.79 Å². The minimum atomic E-state index is -0.843. The monoisotopic (exact) mass is 176 g/mol. The first-order chi connectivity index (χ1) is 4.72. The third-order valence-electron chi connectivity index (χ3n) is 1.36. The van der Waals surface area contributed by atoms with Gasteiger partial charge >= 0.3 is 5.97 Å². The Hall–Kier alpha value is -1.03. The summed E-state index contributed by atoms with van der Waals surface area (Å²) in [5.41, 5.74) is 0.632. The number of halogens is 1. The van der Waals surface area contributed by atoms with Gasteiger partial charge in [0.15, 0.2) is 0 Å². The van der Waals surface area contributed by atoms with E-state index >= 15 is 0 Å². The number of aliphatic carboxylic acids is 1. The fraction of sp³-hybridized carbons (Fsp3) is 0.333. The number of aromatic nitrogens is 2. The van der Waals surface area contributed by atoms with Crippen molar-refractivity contribution in [3.05, 3.63) is 18.0 Å². The molecule has 0 aliphatic rings. The van der Waals surface area contributed by atoms with Gasteiger partial charge in [-0.25, -0.2) is 0 Å². The fourth-order valence-corrected chi connectivity index (χ4v) is 0.641. The molecule has 0 saturated carbocycles. The lowest BCUT2D eigenvalue weighted by molar-refractivity contribution is -0.138. The Morgan fingerprint density at radius 2 is 2.45 bits per heavy atom. The Labute approximate surface area is 70.0 Å². The van der Waals surface area contributed by atoms with Crippen LogP contribution in [0.5, 0.6) is 0 Å². The molecule has 0 amide bonds. The summed E-state index contributed by atoms with van der Waals surface area (Å²) in [5, 5.41) is 14.7. The maximum Gasteiger partial charge on any atom is 0.312 e. The van der Waals surface area contributed by atoms with Crippen molar-refractivity contribution >= 4 is 18.4 Å². The number of carbonyl (C=O) groups is 1. The van der Waals surface area contributed by atoms with Crippen LogP contribution in [0.2, 0.25) is 0 Å². The molecule has 1 atom stereocenters. The minimum absolute atomic E-state index is 0. The van der Waals surface area contributed by atoms with E-state index in [0.717, 1.165) is 0 Å². The first-order valence-electron chi connectivity index (χ1n) is 2.94. The van der Waals surface area contributed by atoms with Crippen LogP contribution < -0.4 is 0 Å². The summed E-state index contributed by atoms with van der Waals surface area (Å²) < 4.78 is 0. The van der Waals surface area contributed by atoms with E-state index in [9.17, 15) is 4.79 Å². The summed E-state index contributed by atoms with van der Waals surface area (Å²) in [5.74, 6) is -1.34. The van der Waals surface area contributed by atoms with Crippen LogP contribution in [-0.4, -0.2) is 21.3 Å². The molecule has 0 aliphatic heterocycles. The molecule has 0 saturated heterocycles. The quantitative estimate of drug-likeness (QED) is 0.707. The highest BCUT2D eigenvalue weighted by Gasteiger charge is 2.13. The van der Waals surface area contributed by atoms with Gasteiger partial charge < -0.3 is 5.11 Å². The van der Waals surface area contributed by atoms with E-state index < -0.39 is 11.9 Å². The van der Waals surface area contributed by atoms with E-state index in [2.05, 4.69) is 10.2 Å². The topological polar surface area (TPSA) is 66.0 Å². The van der Waals surface area contributed by atoms with Gasteiger partial charge in [0.2, 0.25) is 0 Å². The van der Waals surface area contributed by atoms with Gasteiger partial charge in [-0.05, 0) is 13.0 Å². The van der Waals surface area contributed by atoms with Crippen LogP contribution in [0.4, 0.5) is 0 Å². The van der Waals surface area contributed by atoms with Gasteiger partial charge in [0, 0.05) is 11.9 Å². The molecule has 4 nitrogen and oxygen atoms in total. The normalized spacial score (nSPS) is 11.7. The Morgan fingerprint density at radius 1 is 1.82 bits per heavy atom. The van der Waals surface area contributed by atoms with Crippen molar-refractivity contribution in [3.8, 4) is 0 Å². The Kier molecular flexibility index (Phi) is 3.60. The van der Waals surface area contributed by atoms with Crippen LogP contribution in [0.3, 0.4) is 0 Å². The van der Waals surface area contributed by atoms with E-state index in [0.29, 0.717) is 5.69 Å². The maximum atomic E-state index is 10.3. The summed E-state index contributed by atoms with van der Waals surface area (Å²) in [6.45, 7) is 1.61. The number of carboxylic acids is 1. The van der Waals surface area contributed by atoms with E-state index in [4.69, 9.17) is 5.11 Å². The van der Waals surface area contributed by atoms with Gasteiger partial charge in [-0.15, -0.1) is 12.4 Å². The predicted octanol–water partition coefficient (Wildman–Crippen LogP) is 1.02. The first-order valence-corrected chi connectivity index (χ1v) is 2.94. The molecule has 0 aromatic carbocycles. The summed E-state index contributed by atoms with van der Waals surface area (Å²) in [7, 11) is 0. The average Bonchev–Trinajstić information content (AvgIpc) is 2.36. The van der Waals surface area contributed by atoms with Crippen molar-refractivity contribution in [1.82, 2.24) is 10.2 Å². The molecule has 1 unspecified atom stereocenters. The van der Waals surface area contributed by atoms with E-state index in [-0.39, 0.29) is 12.4 Å². The third-order valence-corrected chi connectivity index (χ3v) is 1.36. The molecule has 11 heavy (non-hydrogen) atoms. The minimum Gasteiger partial charge on any atom is -0.481 e. The van der Waals surface area contributed by atoms with Gasteiger partial charge in [-0.2, -0.15) is 5.10 Å². The second-order valence-electron chi connectivity index (χ2n) is 2.07. The number of H-pyrrole nitrogens is 1. The molecule has 1 aromatic rings. The number of rotatable bonds is 2. The second-order valence-corrected chi connectivity index (χ2v) is 2.07. The van der Waals surface area contributed by atoms with Crippen molar-refractivity contribution in [2.75, 3.05) is 0 Å². The molecule has 1 heterocycles. The molecule has 0 spiro atoms. The number of hydrogen-bond acceptors (Lipinski definition) is 2. The number of aromatic amines is 1. The highest BCUT2D eigenvalue weighted by Crippen LogP contribution is 2.10. The third kappa shape index (κ3) is 2.23. The fourth-order valence-electron chi connectivity index (χ4n) is 0.641. The summed E-state index contributed by atoms with van der Waals surface area (Å²) >= 11 is 0. The number of nitrogens with one attached hydrogen (secondary N) is 1. The lowest BCUT2D eigenvalue weighted by Gasteiger charge is -1.99. The average molecular weight is 177 g/mol. The van der Waals surface area contributed by atoms with Crippen LogP contribution in [0.1, 0.15) is 18.5 Å². The first kappa shape index (κ1) is 9.97. The van der Waals surface area contributed by atoms with Crippen molar-refractivity contribution in [2.45, 2.75) is 12.8 Å². The molecule has 0 bridgehead atoms. The largest absolute Gasteiger partial charge is 0.481 e. The molecule has 5 heteroatoms. The molecular weight excluding hydrogens is 168 g/mol. The molecule has 62 valence electrons. The molecule has 0 radical (unpaired) electrons. The lowest BCUT2D eigenvalue weighted by Crippen LogP contribution is -2.07. The maximum absolute atomic E-state index is 10.3. The Balaban J connectivity index is 0.000001000. The van der Waals surface area contributed by atoms with Crippen LogP contribution >= 0.6 is 12.4 Å². The zero-order valence-electron chi connectivity index (χ0n) is 5.94. The number of carboxylic acid groups (broad SMARTS) is 1. The van der Waals surface area contributed by atoms with Gasteiger partial charge in [0.05, 0.1) is 5.92 Å². The van der Waals surface area contributed by atoms with Crippen LogP contribution in [0, 0.1) is 0 Å². The number of hydrogen-bond donors (Lipinski definition) is 2. The second kappa shape index (κ2) is 3.98. The predicted molar refractivity (Wildman–Crippen MR) is 41.9 cm³/mol. The van der Waals surface area contributed by atoms with Gasteiger partial charge in [-0.1, -0.05) is 0 Å². The molecular formula is C6H9ClN2O2. The smallest absolute Gasteiger partial charge is 0.312 e. The zero-order chi connectivity index (χ0) is 7.56. The van der Waals surface area contributed by atoms with Gasteiger partial charge in [0.1, 0.15) is 0 Å².